The molecule has 0 aromatic carbocycles. The maximum absolute atomic E-state index is 10.8. The normalized spacial score (nSPS) is 31.2. The van der Waals surface area contributed by atoms with E-state index in [1.54, 1.807) is 6.92 Å². The van der Waals surface area contributed by atoms with Crippen LogP contribution in [0, 0.1) is 17.8 Å². The van der Waals surface area contributed by atoms with Crippen LogP contribution in [0.2, 0.25) is 0 Å². The smallest absolute Gasteiger partial charge is 0.133 e. The Morgan fingerprint density at radius 2 is 2.22 bits per heavy atom. The Balaban J connectivity index is 2.55. The standard InChI is InChI=1S/C8H13O/c1-6(9)7-4-5-8(7,2)3/h5,7H,4H2,1-3H3. The van der Waals surface area contributed by atoms with Crippen molar-refractivity contribution < 1.29 is 4.79 Å². The van der Waals surface area contributed by atoms with Gasteiger partial charge in [0.2, 0.25) is 0 Å². The summed E-state index contributed by atoms with van der Waals surface area (Å²) in [5.74, 6) is 0.639. The fourth-order valence-corrected chi connectivity index (χ4v) is 1.40. The third-order valence-electron chi connectivity index (χ3n) is 2.27. The van der Waals surface area contributed by atoms with Crippen LogP contribution in [0.4, 0.5) is 0 Å². The molecule has 1 atom stereocenters. The number of carbonyl (C=O) groups excluding carboxylic acids is 1. The van der Waals surface area contributed by atoms with E-state index in [1.165, 1.54) is 0 Å². The highest BCUT2D eigenvalue weighted by Crippen LogP contribution is 2.45. The molecule has 0 bridgehead atoms. The molecule has 0 amide bonds. The van der Waals surface area contributed by atoms with Crippen LogP contribution in [0.25, 0.3) is 0 Å². The molecule has 51 valence electrons. The molecule has 0 saturated heterocycles. The van der Waals surface area contributed by atoms with Crippen molar-refractivity contribution >= 4 is 5.78 Å². The Morgan fingerprint density at radius 3 is 2.22 bits per heavy atom. The molecule has 1 radical (unpaired) electrons. The molecule has 1 fully saturated rings. The molecule has 1 aliphatic rings. The summed E-state index contributed by atoms with van der Waals surface area (Å²) in [6.45, 7) is 5.91. The largest absolute Gasteiger partial charge is 0.300 e. The average molecular weight is 125 g/mol. The van der Waals surface area contributed by atoms with Crippen LogP contribution in [0.5, 0.6) is 0 Å². The van der Waals surface area contributed by atoms with E-state index in [2.05, 4.69) is 20.3 Å². The third-order valence-corrected chi connectivity index (χ3v) is 2.27. The van der Waals surface area contributed by atoms with Crippen LogP contribution in [0.1, 0.15) is 27.2 Å². The second-order valence-corrected chi connectivity index (χ2v) is 3.42. The maximum atomic E-state index is 10.8. The molecule has 0 spiro atoms. The van der Waals surface area contributed by atoms with Gasteiger partial charge in [0.1, 0.15) is 5.78 Å². The van der Waals surface area contributed by atoms with Crippen LogP contribution in [0.15, 0.2) is 0 Å². The van der Waals surface area contributed by atoms with Crippen LogP contribution >= 0.6 is 0 Å². The molecule has 0 aromatic heterocycles. The van der Waals surface area contributed by atoms with Gasteiger partial charge in [-0.1, -0.05) is 13.8 Å². The summed E-state index contributed by atoms with van der Waals surface area (Å²) in [5, 5.41) is 0. The third kappa shape index (κ3) is 1.00. The van der Waals surface area contributed by atoms with Gasteiger partial charge in [0, 0.05) is 5.92 Å². The van der Waals surface area contributed by atoms with Gasteiger partial charge in [-0.25, -0.2) is 0 Å². The quantitative estimate of drug-likeness (QED) is 0.522. The number of rotatable bonds is 1. The van der Waals surface area contributed by atoms with Crippen molar-refractivity contribution in [2.24, 2.45) is 11.3 Å². The fraction of sp³-hybridized carbons (Fsp3) is 0.750. The first-order valence-electron chi connectivity index (χ1n) is 3.39. The lowest BCUT2D eigenvalue weighted by Crippen LogP contribution is -2.39. The number of hydrogen-bond donors (Lipinski definition) is 0. The van der Waals surface area contributed by atoms with Crippen molar-refractivity contribution in [3.63, 3.8) is 0 Å². The molecule has 1 aliphatic carbocycles. The summed E-state index contributed by atoms with van der Waals surface area (Å²) in [6, 6.07) is 0. The van der Waals surface area contributed by atoms with Crippen molar-refractivity contribution in [2.75, 3.05) is 0 Å². The lowest BCUT2D eigenvalue weighted by atomic mass is 9.61. The first-order chi connectivity index (χ1) is 4.04. The van der Waals surface area contributed by atoms with Crippen molar-refractivity contribution in [1.29, 1.82) is 0 Å². The lowest BCUT2D eigenvalue weighted by molar-refractivity contribution is -0.126. The van der Waals surface area contributed by atoms with Crippen molar-refractivity contribution in [1.82, 2.24) is 0 Å². The van der Waals surface area contributed by atoms with E-state index in [0.717, 1.165) is 6.42 Å². The SMILES string of the molecule is CC(=O)C1C[CH]C1(C)C. The maximum Gasteiger partial charge on any atom is 0.133 e. The summed E-state index contributed by atoms with van der Waals surface area (Å²) in [4.78, 5) is 10.8. The van der Waals surface area contributed by atoms with Gasteiger partial charge in [0.15, 0.2) is 0 Å². The lowest BCUT2D eigenvalue weighted by Gasteiger charge is -2.42. The minimum absolute atomic E-state index is 0.186. The number of Topliss-reactive ketones (excluding diaryl/α,β-unsaturated/α-hetero) is 1. The van der Waals surface area contributed by atoms with Gasteiger partial charge in [0.05, 0.1) is 0 Å². The zero-order valence-corrected chi connectivity index (χ0v) is 6.27. The van der Waals surface area contributed by atoms with E-state index in [0.29, 0.717) is 11.7 Å². The predicted molar refractivity (Wildman–Crippen MR) is 36.9 cm³/mol. The molecule has 0 N–H and O–H groups in total. The van der Waals surface area contributed by atoms with Gasteiger partial charge in [-0.15, -0.1) is 0 Å². The van der Waals surface area contributed by atoms with Crippen molar-refractivity contribution in [2.45, 2.75) is 27.2 Å². The monoisotopic (exact) mass is 125 g/mol. The molecule has 1 saturated carbocycles. The van der Waals surface area contributed by atoms with Gasteiger partial charge in [-0.2, -0.15) is 0 Å². The average Bonchev–Trinajstić information content (AvgIpc) is 1.62. The van der Waals surface area contributed by atoms with Crippen LogP contribution in [-0.2, 0) is 4.79 Å². The molecule has 0 aromatic rings. The van der Waals surface area contributed by atoms with Gasteiger partial charge in [-0.05, 0) is 25.2 Å². The van der Waals surface area contributed by atoms with Gasteiger partial charge >= 0.3 is 0 Å². The number of carbonyl (C=O) groups is 1. The Morgan fingerprint density at radius 1 is 1.67 bits per heavy atom. The molecule has 1 heteroatoms. The summed E-state index contributed by atoms with van der Waals surface area (Å²) in [6.07, 6.45) is 3.20. The summed E-state index contributed by atoms with van der Waals surface area (Å²) in [5.41, 5.74) is 0.186. The predicted octanol–water partition coefficient (Wildman–Crippen LogP) is 1.83. The summed E-state index contributed by atoms with van der Waals surface area (Å²) >= 11 is 0. The van der Waals surface area contributed by atoms with Crippen LogP contribution < -0.4 is 0 Å². The molecule has 0 aliphatic heterocycles. The van der Waals surface area contributed by atoms with Crippen molar-refractivity contribution in [3.8, 4) is 0 Å². The highest BCUT2D eigenvalue weighted by molar-refractivity contribution is 5.80. The highest BCUT2D eigenvalue weighted by atomic mass is 16.1. The zero-order chi connectivity index (χ0) is 7.07. The Kier molecular flexibility index (Phi) is 1.38. The number of ketones is 1. The van der Waals surface area contributed by atoms with Crippen LogP contribution in [0.3, 0.4) is 0 Å². The van der Waals surface area contributed by atoms with Gasteiger partial charge in [0.25, 0.3) is 0 Å². The van der Waals surface area contributed by atoms with Crippen LogP contribution in [-0.4, -0.2) is 5.78 Å². The van der Waals surface area contributed by atoms with Crippen molar-refractivity contribution in [3.05, 3.63) is 6.42 Å². The second kappa shape index (κ2) is 1.83. The van der Waals surface area contributed by atoms with Gasteiger partial charge in [-0.3, -0.25) is 4.79 Å². The Hall–Kier alpha value is -0.330. The van der Waals surface area contributed by atoms with E-state index in [4.69, 9.17) is 0 Å². The Labute approximate surface area is 56.4 Å². The second-order valence-electron chi connectivity index (χ2n) is 3.42. The highest BCUT2D eigenvalue weighted by Gasteiger charge is 2.41. The first kappa shape index (κ1) is 6.79. The van der Waals surface area contributed by atoms with E-state index in [-0.39, 0.29) is 5.41 Å². The molecule has 1 nitrogen and oxygen atoms in total. The minimum Gasteiger partial charge on any atom is -0.300 e. The molecular weight excluding hydrogens is 112 g/mol. The number of hydrogen-bond acceptors (Lipinski definition) is 1. The molecular formula is C8H13O. The Bertz CT molecular complexity index is 136. The van der Waals surface area contributed by atoms with E-state index >= 15 is 0 Å². The summed E-state index contributed by atoms with van der Waals surface area (Å²) < 4.78 is 0. The van der Waals surface area contributed by atoms with E-state index in [9.17, 15) is 4.79 Å². The molecule has 0 heterocycles. The van der Waals surface area contributed by atoms with E-state index < -0.39 is 0 Å². The molecule has 1 unspecified atom stereocenters. The fourth-order valence-electron chi connectivity index (χ4n) is 1.40. The minimum atomic E-state index is 0.186. The zero-order valence-electron chi connectivity index (χ0n) is 6.27. The summed E-state index contributed by atoms with van der Waals surface area (Å²) in [7, 11) is 0. The van der Waals surface area contributed by atoms with E-state index in [1.807, 2.05) is 0 Å². The molecule has 1 rings (SSSR count). The van der Waals surface area contributed by atoms with Gasteiger partial charge < -0.3 is 0 Å². The first-order valence-corrected chi connectivity index (χ1v) is 3.39. The molecule has 9 heavy (non-hydrogen) atoms. The topological polar surface area (TPSA) is 17.1 Å².